The molecule has 74 heavy (non-hydrogen) atoms. The van der Waals surface area contributed by atoms with Gasteiger partial charge in [-0.15, -0.1) is 0 Å². The third-order valence-electron chi connectivity index (χ3n) is 12.6. The van der Waals surface area contributed by atoms with Crippen molar-refractivity contribution in [2.45, 2.75) is 79.0 Å². The lowest BCUT2D eigenvalue weighted by atomic mass is 10.1. The first-order valence-electron chi connectivity index (χ1n) is 24.6. The Labute approximate surface area is 456 Å². The van der Waals surface area contributed by atoms with E-state index in [1.54, 1.807) is 36.4 Å². The summed E-state index contributed by atoms with van der Waals surface area (Å²) in [6.45, 7) is 3.34. The molecule has 16 nitrogen and oxygen atoms in total. The molecule has 4 aromatic carbocycles. The van der Waals surface area contributed by atoms with Crippen LogP contribution in [0.4, 0.5) is 0 Å². The summed E-state index contributed by atoms with van der Waals surface area (Å²) in [4.78, 5) is 16.6. The minimum Gasteiger partial charge on any atom is -0.484 e. The van der Waals surface area contributed by atoms with Gasteiger partial charge < -0.3 is 43.0 Å². The number of rotatable bonds is 34. The molecule has 0 amide bonds. The highest BCUT2D eigenvalue weighted by atomic mass is 35.5. The van der Waals surface area contributed by atoms with Crippen LogP contribution in [0.15, 0.2) is 82.6 Å². The molecule has 0 unspecified atom stereocenters. The van der Waals surface area contributed by atoms with Gasteiger partial charge in [-0.05, 0) is 151 Å². The van der Waals surface area contributed by atoms with E-state index in [1.165, 1.54) is 24.3 Å². The van der Waals surface area contributed by atoms with Crippen LogP contribution < -0.4 is 18.9 Å². The van der Waals surface area contributed by atoms with E-state index in [1.807, 2.05) is 40.3 Å². The Kier molecular flexibility index (Phi) is 24.0. The molecular formula is C52H68Cl4N4O12S2. The predicted molar refractivity (Wildman–Crippen MR) is 287 cm³/mol. The SMILES string of the molecule is CN(C)[C@H]1Cc2c(Cl)cc(Cl)cc2[C@@H]1Oc1ccc(S(=O)(=O)NCCOCCOCCCCCOCC(=O)CCCOCCOCCNS(=O)(=O)c2ccc(O[C@H]3c4cc(Cl)cc(Cl)c4C[C@@H]3N(C)C)cc2)cc1. The molecule has 2 N–H and O–H groups in total. The second-order valence-corrected chi connectivity index (χ2v) is 23.6. The molecule has 4 aromatic rings. The van der Waals surface area contributed by atoms with Gasteiger partial charge in [0.1, 0.15) is 30.3 Å². The number of hydrogen-bond donors (Lipinski definition) is 2. The average molecular weight is 1150 g/mol. The molecule has 0 saturated heterocycles. The van der Waals surface area contributed by atoms with Crippen LogP contribution in [0.3, 0.4) is 0 Å². The van der Waals surface area contributed by atoms with Gasteiger partial charge in [-0.3, -0.25) is 4.79 Å². The van der Waals surface area contributed by atoms with Crippen molar-refractivity contribution in [2.24, 2.45) is 0 Å². The standard InChI is InChI=1S/C52H68Cl4N4O12S2/c1-59(2)49-33-43-45(29-36(53)31-47(43)55)51(49)71-39-10-14-41(15-11-39)73(62,63)57-18-23-68-27-25-66-20-6-5-7-21-70-35-38(61)9-8-22-67-26-28-69-24-19-58-74(64,65)42-16-12-40(13-17-42)72-52-46-30-37(54)32-48(56)44(46)34-50(52)60(3)4/h10-17,29-32,49-52,57-58H,5-9,18-28,33-35H2,1-4H3/t49-,50-,51-,52-/m0/s1. The van der Waals surface area contributed by atoms with E-state index in [0.29, 0.717) is 96.9 Å². The maximum atomic E-state index is 12.9. The fourth-order valence-corrected chi connectivity index (χ4v) is 11.8. The van der Waals surface area contributed by atoms with Crippen LogP contribution in [0.5, 0.6) is 11.5 Å². The van der Waals surface area contributed by atoms with Crippen LogP contribution >= 0.6 is 46.4 Å². The monoisotopic (exact) mass is 1140 g/mol. The number of sulfonamides is 2. The van der Waals surface area contributed by atoms with Gasteiger partial charge in [-0.25, -0.2) is 26.3 Å². The molecule has 22 heteroatoms. The van der Waals surface area contributed by atoms with E-state index in [9.17, 15) is 21.6 Å². The second-order valence-electron chi connectivity index (χ2n) is 18.4. The first-order valence-corrected chi connectivity index (χ1v) is 29.1. The zero-order valence-electron chi connectivity index (χ0n) is 42.3. The Balaban J connectivity index is 0.705. The molecular weight excluding hydrogens is 1080 g/mol. The minimum absolute atomic E-state index is 0.00572. The van der Waals surface area contributed by atoms with E-state index in [4.69, 9.17) is 79.6 Å². The van der Waals surface area contributed by atoms with Crippen molar-refractivity contribution < 1.29 is 54.8 Å². The van der Waals surface area contributed by atoms with Crippen LogP contribution in [-0.2, 0) is 61.4 Å². The smallest absolute Gasteiger partial charge is 0.240 e. The van der Waals surface area contributed by atoms with Crippen LogP contribution in [0.1, 0.15) is 66.6 Å². The van der Waals surface area contributed by atoms with E-state index in [-0.39, 0.29) is 79.4 Å². The molecule has 0 saturated carbocycles. The zero-order chi connectivity index (χ0) is 53.3. The van der Waals surface area contributed by atoms with Crippen LogP contribution in [0, 0.1) is 0 Å². The van der Waals surface area contributed by atoms with Gasteiger partial charge in [-0.2, -0.15) is 0 Å². The van der Waals surface area contributed by atoms with Gasteiger partial charge in [-0.1, -0.05) is 46.4 Å². The molecule has 0 fully saturated rings. The summed E-state index contributed by atoms with van der Waals surface area (Å²) in [6.07, 6.45) is 4.19. The maximum absolute atomic E-state index is 12.9. The minimum atomic E-state index is -3.77. The highest BCUT2D eigenvalue weighted by Crippen LogP contribution is 2.43. The number of fused-ring (bicyclic) bond motifs is 2. The molecule has 0 spiro atoms. The van der Waals surface area contributed by atoms with E-state index in [0.717, 1.165) is 41.5 Å². The van der Waals surface area contributed by atoms with Crippen molar-refractivity contribution in [1.29, 1.82) is 0 Å². The third-order valence-corrected chi connectivity index (χ3v) is 16.6. The number of Topliss-reactive ketones (excluding diaryl/α,β-unsaturated/α-hetero) is 1. The number of likely N-dealkylation sites (N-methyl/N-ethyl adjacent to an activating group) is 2. The quantitative estimate of drug-likeness (QED) is 0.0426. The number of nitrogens with one attached hydrogen (secondary N) is 2. The van der Waals surface area contributed by atoms with Crippen molar-refractivity contribution in [3.8, 4) is 11.5 Å². The molecule has 6 rings (SSSR count). The molecule has 2 aliphatic carbocycles. The highest BCUT2D eigenvalue weighted by molar-refractivity contribution is 7.89. The van der Waals surface area contributed by atoms with Gasteiger partial charge in [0.2, 0.25) is 20.0 Å². The van der Waals surface area contributed by atoms with Gasteiger partial charge in [0, 0.05) is 70.5 Å². The van der Waals surface area contributed by atoms with Crippen LogP contribution in [0.2, 0.25) is 20.1 Å². The summed E-state index contributed by atoms with van der Waals surface area (Å²) >= 11 is 25.6. The molecule has 2 aliphatic rings. The largest absolute Gasteiger partial charge is 0.484 e. The van der Waals surface area contributed by atoms with Crippen LogP contribution in [0.25, 0.3) is 0 Å². The number of nitrogens with zero attached hydrogens (tertiary/aromatic N) is 2. The molecule has 0 bridgehead atoms. The normalized spacial score (nSPS) is 17.5. The lowest BCUT2D eigenvalue weighted by Crippen LogP contribution is -2.34. The summed E-state index contributed by atoms with van der Waals surface area (Å²) < 4.78 is 97.2. The summed E-state index contributed by atoms with van der Waals surface area (Å²) in [5.74, 6) is 1.06. The first-order chi connectivity index (χ1) is 35.4. The molecule has 0 radical (unpaired) electrons. The molecule has 0 aliphatic heterocycles. The summed E-state index contributed by atoms with van der Waals surface area (Å²) in [6, 6.07) is 19.8. The number of halogens is 4. The van der Waals surface area contributed by atoms with Gasteiger partial charge in [0.25, 0.3) is 0 Å². The Hall–Kier alpha value is -3.15. The van der Waals surface area contributed by atoms with Crippen LogP contribution in [-0.4, -0.2) is 152 Å². The molecule has 0 heterocycles. The van der Waals surface area contributed by atoms with Gasteiger partial charge >= 0.3 is 0 Å². The number of hydrogen-bond acceptors (Lipinski definition) is 14. The lowest BCUT2D eigenvalue weighted by Gasteiger charge is -2.27. The van der Waals surface area contributed by atoms with Crippen molar-refractivity contribution in [2.75, 3.05) is 107 Å². The molecule has 408 valence electrons. The highest BCUT2D eigenvalue weighted by Gasteiger charge is 2.39. The number of carbonyl (C=O) groups is 1. The van der Waals surface area contributed by atoms with Crippen molar-refractivity contribution in [3.63, 3.8) is 0 Å². The van der Waals surface area contributed by atoms with E-state index >= 15 is 0 Å². The fourth-order valence-electron chi connectivity index (χ4n) is 8.63. The third kappa shape index (κ3) is 18.0. The Morgan fingerprint density at radius 2 is 0.919 bits per heavy atom. The van der Waals surface area contributed by atoms with Gasteiger partial charge in [0.15, 0.2) is 5.78 Å². The second kappa shape index (κ2) is 29.6. The van der Waals surface area contributed by atoms with E-state index < -0.39 is 20.0 Å². The molecule has 0 aromatic heterocycles. The number of ether oxygens (including phenoxy) is 7. The summed E-state index contributed by atoms with van der Waals surface area (Å²) in [5.41, 5.74) is 3.84. The maximum Gasteiger partial charge on any atom is 0.240 e. The predicted octanol–water partition coefficient (Wildman–Crippen LogP) is 8.37. The van der Waals surface area contributed by atoms with Crippen molar-refractivity contribution in [1.82, 2.24) is 19.2 Å². The van der Waals surface area contributed by atoms with E-state index in [2.05, 4.69) is 19.2 Å². The summed E-state index contributed by atoms with van der Waals surface area (Å²) in [5, 5.41) is 2.27. The number of benzene rings is 4. The Morgan fingerprint density at radius 3 is 1.34 bits per heavy atom. The topological polar surface area (TPSA) is 180 Å². The number of ketones is 1. The van der Waals surface area contributed by atoms with Gasteiger partial charge in [0.05, 0.1) is 61.5 Å². The first kappa shape index (κ1) is 60.1. The number of unbranched alkanes of at least 4 members (excludes halogenated alkanes) is 2. The zero-order valence-corrected chi connectivity index (χ0v) is 47.0. The van der Waals surface area contributed by atoms with Crippen molar-refractivity contribution >= 4 is 72.2 Å². The summed E-state index contributed by atoms with van der Waals surface area (Å²) in [7, 11) is 0.389. The van der Waals surface area contributed by atoms with Crippen molar-refractivity contribution in [3.05, 3.63) is 115 Å². The fraction of sp³-hybridized carbons (Fsp3) is 0.519. The number of carbonyl (C=O) groups excluding carboxylic acids is 1. The molecule has 4 atom stereocenters. The average Bonchev–Trinajstić information content (AvgIpc) is 3.91. The Bertz CT molecular complexity index is 2650. The lowest BCUT2D eigenvalue weighted by molar-refractivity contribution is -0.124. The Morgan fingerprint density at radius 1 is 0.527 bits per heavy atom.